The maximum Gasteiger partial charge on any atom is 0.234 e. The fraction of sp³-hybridized carbons (Fsp3) is 0.381. The fourth-order valence-electron chi connectivity index (χ4n) is 2.70. The number of hydrogen-bond acceptors (Lipinski definition) is 3. The third-order valence-electron chi connectivity index (χ3n) is 4.20. The number of carbonyl (C=O) groups excluding carboxylic acids is 1. The lowest BCUT2D eigenvalue weighted by Gasteiger charge is -2.26. The molecule has 4 heteroatoms. The van der Waals surface area contributed by atoms with Gasteiger partial charge in [-0.2, -0.15) is 0 Å². The van der Waals surface area contributed by atoms with Gasteiger partial charge in [-0.1, -0.05) is 54.6 Å². The summed E-state index contributed by atoms with van der Waals surface area (Å²) >= 11 is 0. The van der Waals surface area contributed by atoms with E-state index in [4.69, 9.17) is 4.74 Å². The maximum atomic E-state index is 12.4. The molecule has 0 bridgehead atoms. The second-order valence-corrected chi connectivity index (χ2v) is 6.46. The number of amides is 1. The molecule has 0 aliphatic carbocycles. The van der Waals surface area contributed by atoms with E-state index in [0.29, 0.717) is 25.7 Å². The lowest BCUT2D eigenvalue weighted by Crippen LogP contribution is -2.40. The highest BCUT2D eigenvalue weighted by Crippen LogP contribution is 2.10. The van der Waals surface area contributed by atoms with Gasteiger partial charge in [0.15, 0.2) is 0 Å². The van der Waals surface area contributed by atoms with E-state index in [9.17, 15) is 4.79 Å². The summed E-state index contributed by atoms with van der Waals surface area (Å²) in [6.45, 7) is 6.47. The normalized spacial score (nSPS) is 11.1. The molecule has 134 valence electrons. The highest BCUT2D eigenvalue weighted by molar-refractivity contribution is 5.78. The molecule has 0 aliphatic heterocycles. The molecule has 0 aromatic heterocycles. The summed E-state index contributed by atoms with van der Waals surface area (Å²) in [5, 5.41) is 3.03. The topological polar surface area (TPSA) is 41.6 Å². The zero-order chi connectivity index (χ0) is 18.1. The Kier molecular flexibility index (Phi) is 7.64. The van der Waals surface area contributed by atoms with Crippen LogP contribution in [-0.2, 0) is 29.2 Å². The third-order valence-corrected chi connectivity index (χ3v) is 4.20. The summed E-state index contributed by atoms with van der Waals surface area (Å²) in [5.74, 6) is 0.0388. The Labute approximate surface area is 150 Å². The molecule has 1 amide bonds. The van der Waals surface area contributed by atoms with Crippen LogP contribution in [0, 0.1) is 0 Å². The van der Waals surface area contributed by atoms with Gasteiger partial charge in [0.05, 0.1) is 13.2 Å². The van der Waals surface area contributed by atoms with E-state index in [1.165, 1.54) is 5.56 Å². The van der Waals surface area contributed by atoms with Crippen LogP contribution in [0.3, 0.4) is 0 Å². The molecule has 0 spiro atoms. The number of nitrogens with one attached hydrogen (secondary N) is 1. The Morgan fingerprint density at radius 1 is 1.04 bits per heavy atom. The van der Waals surface area contributed by atoms with E-state index in [1.54, 1.807) is 7.11 Å². The summed E-state index contributed by atoms with van der Waals surface area (Å²) < 4.78 is 5.22. The van der Waals surface area contributed by atoms with Crippen molar-refractivity contribution < 1.29 is 9.53 Å². The fourth-order valence-corrected chi connectivity index (χ4v) is 2.70. The van der Waals surface area contributed by atoms with E-state index in [1.807, 2.05) is 42.5 Å². The molecule has 0 saturated carbocycles. The maximum absolute atomic E-state index is 12.4. The number of benzene rings is 2. The monoisotopic (exact) mass is 340 g/mol. The minimum Gasteiger partial charge on any atom is -0.380 e. The van der Waals surface area contributed by atoms with E-state index in [2.05, 4.69) is 36.2 Å². The van der Waals surface area contributed by atoms with Crippen molar-refractivity contribution in [2.75, 3.05) is 13.7 Å². The number of carbonyl (C=O) groups is 1. The second kappa shape index (κ2) is 9.97. The smallest absolute Gasteiger partial charge is 0.234 e. The zero-order valence-electron chi connectivity index (χ0n) is 15.4. The largest absolute Gasteiger partial charge is 0.380 e. The molecular formula is C21H28N2O2. The predicted molar refractivity (Wildman–Crippen MR) is 101 cm³/mol. The molecule has 2 aromatic carbocycles. The van der Waals surface area contributed by atoms with Gasteiger partial charge in [0, 0.05) is 26.2 Å². The summed E-state index contributed by atoms with van der Waals surface area (Å²) in [5.41, 5.74) is 3.42. The molecule has 0 heterocycles. The van der Waals surface area contributed by atoms with Gasteiger partial charge in [0.2, 0.25) is 5.91 Å². The van der Waals surface area contributed by atoms with Crippen LogP contribution < -0.4 is 5.32 Å². The van der Waals surface area contributed by atoms with Crippen molar-refractivity contribution in [2.45, 2.75) is 39.6 Å². The van der Waals surface area contributed by atoms with E-state index in [0.717, 1.165) is 17.7 Å². The molecule has 0 saturated heterocycles. The van der Waals surface area contributed by atoms with Crippen molar-refractivity contribution in [3.63, 3.8) is 0 Å². The van der Waals surface area contributed by atoms with E-state index < -0.39 is 0 Å². The Morgan fingerprint density at radius 3 is 2.32 bits per heavy atom. The van der Waals surface area contributed by atoms with Crippen molar-refractivity contribution in [3.8, 4) is 0 Å². The van der Waals surface area contributed by atoms with Gasteiger partial charge >= 0.3 is 0 Å². The van der Waals surface area contributed by atoms with Crippen molar-refractivity contribution >= 4 is 5.91 Å². The molecule has 0 atom stereocenters. The Bertz CT molecular complexity index is 656. The van der Waals surface area contributed by atoms with Crippen LogP contribution in [0.5, 0.6) is 0 Å². The molecule has 2 aromatic rings. The minimum absolute atomic E-state index is 0.0388. The van der Waals surface area contributed by atoms with Crippen LogP contribution in [0.2, 0.25) is 0 Å². The molecule has 0 fully saturated rings. The van der Waals surface area contributed by atoms with Gasteiger partial charge in [-0.25, -0.2) is 0 Å². The van der Waals surface area contributed by atoms with Crippen molar-refractivity contribution in [2.24, 2.45) is 0 Å². The molecular weight excluding hydrogens is 312 g/mol. The molecule has 2 rings (SSSR count). The first-order valence-corrected chi connectivity index (χ1v) is 8.70. The Hall–Kier alpha value is -2.17. The van der Waals surface area contributed by atoms with Gasteiger partial charge in [-0.3, -0.25) is 9.69 Å². The number of methoxy groups -OCH3 is 1. The van der Waals surface area contributed by atoms with Gasteiger partial charge in [0.25, 0.3) is 0 Å². The number of nitrogens with zero attached hydrogens (tertiary/aromatic N) is 1. The van der Waals surface area contributed by atoms with Gasteiger partial charge in [0.1, 0.15) is 0 Å². The number of ether oxygens (including phenoxy) is 1. The highest BCUT2D eigenvalue weighted by Gasteiger charge is 2.14. The first-order chi connectivity index (χ1) is 12.1. The predicted octanol–water partition coefficient (Wildman–Crippen LogP) is 3.36. The lowest BCUT2D eigenvalue weighted by atomic mass is 10.1. The summed E-state index contributed by atoms with van der Waals surface area (Å²) in [6, 6.07) is 18.6. The molecule has 0 radical (unpaired) electrons. The average Bonchev–Trinajstić information content (AvgIpc) is 2.61. The van der Waals surface area contributed by atoms with Crippen molar-refractivity contribution in [3.05, 3.63) is 71.3 Å². The second-order valence-electron chi connectivity index (χ2n) is 6.46. The van der Waals surface area contributed by atoms with Crippen LogP contribution in [0.25, 0.3) is 0 Å². The SMILES string of the molecule is COCc1ccccc1CNC(=O)CN(Cc1ccccc1)C(C)C. The summed E-state index contributed by atoms with van der Waals surface area (Å²) in [6.07, 6.45) is 0. The van der Waals surface area contributed by atoms with Crippen LogP contribution in [0.15, 0.2) is 54.6 Å². The van der Waals surface area contributed by atoms with E-state index >= 15 is 0 Å². The molecule has 4 nitrogen and oxygen atoms in total. The highest BCUT2D eigenvalue weighted by atomic mass is 16.5. The summed E-state index contributed by atoms with van der Waals surface area (Å²) in [7, 11) is 1.68. The molecule has 1 N–H and O–H groups in total. The minimum atomic E-state index is 0.0388. The van der Waals surface area contributed by atoms with Crippen LogP contribution in [0.4, 0.5) is 0 Å². The molecule has 0 unspecified atom stereocenters. The number of hydrogen-bond donors (Lipinski definition) is 1. The molecule has 0 aliphatic rings. The van der Waals surface area contributed by atoms with E-state index in [-0.39, 0.29) is 5.91 Å². The zero-order valence-corrected chi connectivity index (χ0v) is 15.4. The van der Waals surface area contributed by atoms with Gasteiger partial charge < -0.3 is 10.1 Å². The average molecular weight is 340 g/mol. The van der Waals surface area contributed by atoms with Crippen LogP contribution in [0.1, 0.15) is 30.5 Å². The van der Waals surface area contributed by atoms with Crippen LogP contribution in [-0.4, -0.2) is 30.5 Å². The first-order valence-electron chi connectivity index (χ1n) is 8.70. The standard InChI is InChI=1S/C21H28N2O2/c1-17(2)23(14-18-9-5-4-6-10-18)15-21(24)22-13-19-11-7-8-12-20(19)16-25-3/h4-12,17H,13-16H2,1-3H3,(H,22,24). The summed E-state index contributed by atoms with van der Waals surface area (Å²) in [4.78, 5) is 14.6. The Morgan fingerprint density at radius 2 is 1.68 bits per heavy atom. The van der Waals surface area contributed by atoms with Crippen LogP contribution >= 0.6 is 0 Å². The quantitative estimate of drug-likeness (QED) is 0.761. The molecule has 25 heavy (non-hydrogen) atoms. The lowest BCUT2D eigenvalue weighted by molar-refractivity contribution is -0.123. The Balaban J connectivity index is 1.91. The van der Waals surface area contributed by atoms with Gasteiger partial charge in [-0.05, 0) is 30.5 Å². The third kappa shape index (κ3) is 6.33. The van der Waals surface area contributed by atoms with Crippen molar-refractivity contribution in [1.82, 2.24) is 10.2 Å². The van der Waals surface area contributed by atoms with Crippen molar-refractivity contribution in [1.29, 1.82) is 0 Å². The van der Waals surface area contributed by atoms with Gasteiger partial charge in [-0.15, -0.1) is 0 Å². The number of rotatable bonds is 9. The first kappa shape index (κ1) is 19.2.